The van der Waals surface area contributed by atoms with Gasteiger partial charge in [0.15, 0.2) is 0 Å². The second kappa shape index (κ2) is 5.01. The fourth-order valence-electron chi connectivity index (χ4n) is 1.99. The Kier molecular flexibility index (Phi) is 3.05. The van der Waals surface area contributed by atoms with E-state index in [-0.39, 0.29) is 5.69 Å². The van der Waals surface area contributed by atoms with Gasteiger partial charge in [0.2, 0.25) is 0 Å². The number of aromatic nitrogens is 2. The minimum absolute atomic E-state index is 0.185. The molecule has 2 aliphatic rings. The molecular formula is C16H10N2O2. The van der Waals surface area contributed by atoms with E-state index >= 15 is 0 Å². The summed E-state index contributed by atoms with van der Waals surface area (Å²) in [4.78, 5) is 28.4. The summed E-state index contributed by atoms with van der Waals surface area (Å²) in [5.41, 5.74) is -0.724. The summed E-state index contributed by atoms with van der Waals surface area (Å²) in [6, 6.07) is 18.3. The second-order valence-electron chi connectivity index (χ2n) is 4.27. The third-order valence-electron chi connectivity index (χ3n) is 2.97. The van der Waals surface area contributed by atoms with Crippen LogP contribution >= 0.6 is 0 Å². The summed E-state index contributed by atoms with van der Waals surface area (Å²) in [5.74, 6) is 0. The number of fused-ring (bicyclic) bond motifs is 2. The smallest absolute Gasteiger partial charge is 0.281 e. The van der Waals surface area contributed by atoms with Crippen molar-refractivity contribution in [1.29, 1.82) is 0 Å². The Bertz CT molecular complexity index is 842. The third-order valence-corrected chi connectivity index (χ3v) is 2.97. The van der Waals surface area contributed by atoms with Gasteiger partial charge in [-0.15, -0.1) is 0 Å². The molecule has 0 aromatic heterocycles. The minimum Gasteiger partial charge on any atom is -0.281 e. The van der Waals surface area contributed by atoms with E-state index in [1.807, 2.05) is 0 Å². The summed E-state index contributed by atoms with van der Waals surface area (Å²) in [6.45, 7) is 0. The Balaban J connectivity index is 0.000000121. The van der Waals surface area contributed by atoms with Crippen molar-refractivity contribution in [1.82, 2.24) is 9.97 Å². The maximum Gasteiger partial charge on any atom is 0.320 e. The highest BCUT2D eigenvalue weighted by atomic mass is 16.2. The van der Waals surface area contributed by atoms with Gasteiger partial charge in [0.25, 0.3) is 5.43 Å². The molecule has 0 amide bonds. The molecule has 0 atom stereocenters. The first-order valence-corrected chi connectivity index (χ1v) is 6.11. The van der Waals surface area contributed by atoms with Crippen molar-refractivity contribution < 1.29 is 0 Å². The van der Waals surface area contributed by atoms with E-state index in [4.69, 9.17) is 0 Å². The molecule has 2 aliphatic heterocycles. The van der Waals surface area contributed by atoms with Crippen LogP contribution in [0.2, 0.25) is 0 Å². The van der Waals surface area contributed by atoms with Gasteiger partial charge in [-0.05, 0) is 16.8 Å². The summed E-state index contributed by atoms with van der Waals surface area (Å²) in [7, 11) is 0. The highest BCUT2D eigenvalue weighted by molar-refractivity contribution is 5.82. The van der Waals surface area contributed by atoms with Gasteiger partial charge in [0.1, 0.15) is 5.69 Å². The molecule has 2 aromatic carbocycles. The Hall–Kier alpha value is -2.88. The van der Waals surface area contributed by atoms with Gasteiger partial charge in [-0.25, -0.2) is 4.98 Å². The lowest BCUT2D eigenvalue weighted by atomic mass is 10.1. The molecule has 0 radical (unpaired) electrons. The number of rotatable bonds is 0. The molecule has 4 rings (SSSR count). The quantitative estimate of drug-likeness (QED) is 0.455. The van der Waals surface area contributed by atoms with Crippen molar-refractivity contribution in [3.8, 4) is 11.4 Å². The lowest BCUT2D eigenvalue weighted by Crippen LogP contribution is -2.19. The zero-order valence-electron chi connectivity index (χ0n) is 10.5. The molecule has 0 aliphatic carbocycles. The molecule has 0 N–H and O–H groups in total. The molecule has 0 saturated carbocycles. The lowest BCUT2D eigenvalue weighted by molar-refractivity contribution is 1.30. The van der Waals surface area contributed by atoms with Gasteiger partial charge in [0.05, 0.1) is 5.69 Å². The maximum absolute atomic E-state index is 10.8. The van der Waals surface area contributed by atoms with Crippen molar-refractivity contribution >= 4 is 10.8 Å². The fourth-order valence-corrected chi connectivity index (χ4v) is 1.99. The molecule has 2 heterocycles. The first kappa shape index (κ1) is 12.2. The summed E-state index contributed by atoms with van der Waals surface area (Å²) in [6.07, 6.45) is 1.46. The van der Waals surface area contributed by atoms with Crippen LogP contribution < -0.4 is 11.0 Å². The molecule has 4 heteroatoms. The molecule has 0 fully saturated rings. The molecule has 2 aromatic rings. The second-order valence-corrected chi connectivity index (χ2v) is 4.27. The van der Waals surface area contributed by atoms with Crippen molar-refractivity contribution in [2.75, 3.05) is 0 Å². The van der Waals surface area contributed by atoms with E-state index < -0.39 is 11.0 Å². The highest BCUT2D eigenvalue weighted by Crippen LogP contribution is 2.11. The van der Waals surface area contributed by atoms with Crippen LogP contribution in [0.1, 0.15) is 0 Å². The molecule has 96 valence electrons. The third kappa shape index (κ3) is 2.19. The largest absolute Gasteiger partial charge is 0.320 e. The van der Waals surface area contributed by atoms with Crippen LogP contribution in [0, 0.1) is 0 Å². The number of hydrogen-bond donors (Lipinski definition) is 0. The Labute approximate surface area is 114 Å². The zero-order valence-corrected chi connectivity index (χ0v) is 10.5. The average molecular weight is 262 g/mol. The average Bonchev–Trinajstić information content (AvgIpc) is 3.04. The van der Waals surface area contributed by atoms with Crippen molar-refractivity contribution in [3.63, 3.8) is 0 Å². The van der Waals surface area contributed by atoms with E-state index in [9.17, 15) is 9.59 Å². The van der Waals surface area contributed by atoms with Gasteiger partial charge < -0.3 is 0 Å². The number of hydrogen-bond acceptors (Lipinski definition) is 4. The van der Waals surface area contributed by atoms with Crippen molar-refractivity contribution in [3.05, 3.63) is 81.4 Å². The predicted molar refractivity (Wildman–Crippen MR) is 77.5 cm³/mol. The van der Waals surface area contributed by atoms with Gasteiger partial charge >= 0.3 is 5.56 Å². The summed E-state index contributed by atoms with van der Waals surface area (Å²) in [5, 5.41) is 2.62. The Morgan fingerprint density at radius 2 is 1.30 bits per heavy atom. The van der Waals surface area contributed by atoms with Crippen LogP contribution in [0.4, 0.5) is 0 Å². The summed E-state index contributed by atoms with van der Waals surface area (Å²) >= 11 is 0. The fraction of sp³-hybridized carbons (Fsp3) is 0. The monoisotopic (exact) mass is 262 g/mol. The highest BCUT2D eigenvalue weighted by Gasteiger charge is 2.14. The number of nitrogens with zero attached hydrogens (tertiary/aromatic N) is 2. The number of benzene rings is 2. The molecule has 20 heavy (non-hydrogen) atoms. The standard InChI is InChI=1S/C10H8.C6H2N2O2/c1-2-6-10-8-4-3-7-9(10)5-1;9-5-4-3(1-2-7-4)8-6(5)10/h1-8H;1-2H. The van der Waals surface area contributed by atoms with E-state index in [1.165, 1.54) is 23.0 Å². The van der Waals surface area contributed by atoms with E-state index in [1.54, 1.807) is 0 Å². The molecule has 0 saturated heterocycles. The van der Waals surface area contributed by atoms with E-state index in [0.29, 0.717) is 5.69 Å². The molecule has 4 nitrogen and oxygen atoms in total. The van der Waals surface area contributed by atoms with Crippen LogP contribution in [0.5, 0.6) is 0 Å². The molecular weight excluding hydrogens is 252 g/mol. The zero-order chi connectivity index (χ0) is 13.9. The topological polar surface area (TPSA) is 59.9 Å². The predicted octanol–water partition coefficient (Wildman–Crippen LogP) is 2.02. The first-order chi connectivity index (χ1) is 9.75. The lowest BCUT2D eigenvalue weighted by Gasteiger charge is -1.92. The van der Waals surface area contributed by atoms with Gasteiger partial charge in [-0.1, -0.05) is 48.5 Å². The van der Waals surface area contributed by atoms with Crippen molar-refractivity contribution in [2.24, 2.45) is 0 Å². The molecule has 0 unspecified atom stereocenters. The van der Waals surface area contributed by atoms with Crippen LogP contribution in [0.15, 0.2) is 70.4 Å². The van der Waals surface area contributed by atoms with Gasteiger partial charge in [0, 0.05) is 6.20 Å². The van der Waals surface area contributed by atoms with Crippen LogP contribution in [-0.4, -0.2) is 9.97 Å². The normalized spacial score (nSPS) is 10.4. The Morgan fingerprint density at radius 1 is 0.750 bits per heavy atom. The Morgan fingerprint density at radius 3 is 1.80 bits per heavy atom. The maximum atomic E-state index is 10.8. The summed E-state index contributed by atoms with van der Waals surface area (Å²) < 4.78 is 0. The van der Waals surface area contributed by atoms with E-state index in [2.05, 4.69) is 58.5 Å². The SMILES string of the molecule is O=c1nc2ccnc-2c1=O.c1ccc2ccccc2c1. The minimum atomic E-state index is -0.710. The van der Waals surface area contributed by atoms with Crippen LogP contribution in [0.25, 0.3) is 22.2 Å². The van der Waals surface area contributed by atoms with E-state index in [0.717, 1.165) is 0 Å². The van der Waals surface area contributed by atoms with Crippen LogP contribution in [-0.2, 0) is 0 Å². The first-order valence-electron chi connectivity index (χ1n) is 6.11. The van der Waals surface area contributed by atoms with Crippen LogP contribution in [0.3, 0.4) is 0 Å². The van der Waals surface area contributed by atoms with Gasteiger partial charge in [-0.2, -0.15) is 0 Å². The molecule has 0 spiro atoms. The van der Waals surface area contributed by atoms with Crippen molar-refractivity contribution in [2.45, 2.75) is 0 Å². The van der Waals surface area contributed by atoms with Gasteiger partial charge in [-0.3, -0.25) is 14.6 Å². The molecule has 0 bridgehead atoms.